The highest BCUT2D eigenvalue weighted by molar-refractivity contribution is 5.76. The molecule has 0 aliphatic carbocycles. The first-order valence-corrected chi connectivity index (χ1v) is 32.4. The van der Waals surface area contributed by atoms with Gasteiger partial charge in [-0.25, -0.2) is 0 Å². The first-order chi connectivity index (χ1) is 36.0. The Morgan fingerprint density at radius 1 is 0.384 bits per heavy atom. The quantitative estimate of drug-likeness (QED) is 0.0320. The number of aliphatic hydroxyl groups is 2. The molecule has 6 nitrogen and oxygen atoms in total. The van der Waals surface area contributed by atoms with Crippen molar-refractivity contribution in [3.8, 4) is 0 Å². The minimum absolute atomic E-state index is 0.00173. The van der Waals surface area contributed by atoms with Gasteiger partial charge in [-0.05, 0) is 89.9 Å². The van der Waals surface area contributed by atoms with Crippen molar-refractivity contribution in [2.45, 2.75) is 353 Å². The van der Waals surface area contributed by atoms with Gasteiger partial charge in [0.05, 0.1) is 25.4 Å². The molecular formula is C67H125NO5. The standard InChI is InChI=1S/C67H125NO5/c1-3-5-7-9-11-13-15-17-19-21-24-29-33-37-41-45-49-53-57-61-67(72)73-62-58-54-50-46-42-38-34-30-26-23-22-25-28-32-36-40-44-48-52-56-60-66(71)68-64(63-69)65(70)59-55-51-47-43-39-35-31-27-20-18-16-14-12-10-8-6-4-2/h11,13,17,19,22,25,55,59,64-65,69-70H,3-10,12,14-16,18,20-21,23-24,26-54,56-58,60-63H2,1-2H3,(H,68,71)/b13-11-,19-17-,25-22-,59-55+. The lowest BCUT2D eigenvalue weighted by atomic mass is 10.0. The van der Waals surface area contributed by atoms with Gasteiger partial charge >= 0.3 is 5.97 Å². The Morgan fingerprint density at radius 3 is 1.08 bits per heavy atom. The van der Waals surface area contributed by atoms with Gasteiger partial charge in [0.15, 0.2) is 0 Å². The van der Waals surface area contributed by atoms with Gasteiger partial charge in [0.2, 0.25) is 5.91 Å². The van der Waals surface area contributed by atoms with Gasteiger partial charge in [-0.2, -0.15) is 0 Å². The van der Waals surface area contributed by atoms with Crippen LogP contribution >= 0.6 is 0 Å². The molecule has 0 spiro atoms. The van der Waals surface area contributed by atoms with Crippen LogP contribution in [0.15, 0.2) is 48.6 Å². The highest BCUT2D eigenvalue weighted by atomic mass is 16.5. The van der Waals surface area contributed by atoms with Crippen LogP contribution in [0.25, 0.3) is 0 Å². The average Bonchev–Trinajstić information content (AvgIpc) is 3.39. The highest BCUT2D eigenvalue weighted by Gasteiger charge is 2.18. The summed E-state index contributed by atoms with van der Waals surface area (Å²) in [6.45, 7) is 4.88. The lowest BCUT2D eigenvalue weighted by Crippen LogP contribution is -2.45. The van der Waals surface area contributed by atoms with E-state index in [1.807, 2.05) is 6.08 Å². The Hall–Kier alpha value is -2.18. The molecule has 0 aliphatic rings. The molecule has 0 aromatic carbocycles. The number of nitrogens with one attached hydrogen (secondary N) is 1. The molecule has 0 heterocycles. The summed E-state index contributed by atoms with van der Waals surface area (Å²) in [7, 11) is 0. The smallest absolute Gasteiger partial charge is 0.305 e. The molecule has 0 rings (SSSR count). The second-order valence-electron chi connectivity index (χ2n) is 22.1. The van der Waals surface area contributed by atoms with Crippen LogP contribution in [0.5, 0.6) is 0 Å². The molecule has 0 saturated heterocycles. The summed E-state index contributed by atoms with van der Waals surface area (Å²) in [4.78, 5) is 24.6. The maximum absolute atomic E-state index is 12.5. The number of amides is 1. The molecule has 3 N–H and O–H groups in total. The van der Waals surface area contributed by atoms with Crippen molar-refractivity contribution in [1.29, 1.82) is 0 Å². The zero-order valence-electron chi connectivity index (χ0n) is 48.9. The van der Waals surface area contributed by atoms with Crippen molar-refractivity contribution in [3.05, 3.63) is 48.6 Å². The van der Waals surface area contributed by atoms with E-state index in [1.165, 1.54) is 257 Å². The topological polar surface area (TPSA) is 95.9 Å². The molecule has 0 saturated carbocycles. The molecule has 2 unspecified atom stereocenters. The van der Waals surface area contributed by atoms with Gasteiger partial charge < -0.3 is 20.3 Å². The van der Waals surface area contributed by atoms with E-state index in [-0.39, 0.29) is 18.5 Å². The molecule has 1 amide bonds. The number of rotatable bonds is 60. The van der Waals surface area contributed by atoms with E-state index in [9.17, 15) is 19.8 Å². The fourth-order valence-electron chi connectivity index (χ4n) is 9.84. The Kier molecular flexibility index (Phi) is 60.5. The number of allylic oxidation sites excluding steroid dienone is 7. The van der Waals surface area contributed by atoms with E-state index in [2.05, 4.69) is 55.6 Å². The third-order valence-electron chi connectivity index (χ3n) is 14.8. The maximum atomic E-state index is 12.5. The second kappa shape index (κ2) is 62.4. The van der Waals surface area contributed by atoms with Crippen LogP contribution in [-0.4, -0.2) is 47.4 Å². The van der Waals surface area contributed by atoms with Gasteiger partial charge in [-0.1, -0.05) is 287 Å². The summed E-state index contributed by atoms with van der Waals surface area (Å²) in [5.74, 6) is -0.0736. The summed E-state index contributed by atoms with van der Waals surface area (Å²) in [6.07, 6.45) is 80.1. The first kappa shape index (κ1) is 70.8. The van der Waals surface area contributed by atoms with Gasteiger partial charge in [-0.15, -0.1) is 0 Å². The Morgan fingerprint density at radius 2 is 0.685 bits per heavy atom. The monoisotopic (exact) mass is 1020 g/mol. The summed E-state index contributed by atoms with van der Waals surface area (Å²) < 4.78 is 5.49. The Bertz CT molecular complexity index is 1230. The van der Waals surface area contributed by atoms with Crippen LogP contribution in [0.2, 0.25) is 0 Å². The highest BCUT2D eigenvalue weighted by Crippen LogP contribution is 2.17. The van der Waals surface area contributed by atoms with Crippen LogP contribution in [0, 0.1) is 0 Å². The minimum atomic E-state index is -0.851. The molecule has 0 aliphatic heterocycles. The maximum Gasteiger partial charge on any atom is 0.305 e. The number of carbonyl (C=O) groups is 2. The lowest BCUT2D eigenvalue weighted by Gasteiger charge is -2.20. The fourth-order valence-corrected chi connectivity index (χ4v) is 9.84. The number of hydrogen-bond acceptors (Lipinski definition) is 5. The molecule has 0 fully saturated rings. The SMILES string of the molecule is CCCCC/C=C\C/C=C\CCCCCCCCCCCC(=O)OCCCCCCCCCCC/C=C\CCCCCCCCCC(=O)NC(CO)C(O)/C=C/CCCCCCCCCCCCCCCCC. The summed E-state index contributed by atoms with van der Waals surface area (Å²) >= 11 is 0. The second-order valence-corrected chi connectivity index (χ2v) is 22.1. The third-order valence-corrected chi connectivity index (χ3v) is 14.8. The summed E-state index contributed by atoms with van der Waals surface area (Å²) in [6, 6.07) is -0.635. The normalized spacial score (nSPS) is 12.9. The zero-order chi connectivity index (χ0) is 52.9. The van der Waals surface area contributed by atoms with Crippen molar-refractivity contribution >= 4 is 11.9 Å². The molecular weight excluding hydrogens is 899 g/mol. The van der Waals surface area contributed by atoms with E-state index in [4.69, 9.17) is 4.74 Å². The summed E-state index contributed by atoms with van der Waals surface area (Å²) in [5, 5.41) is 23.2. The molecule has 6 heteroatoms. The molecule has 0 radical (unpaired) electrons. The van der Waals surface area contributed by atoms with Crippen LogP contribution < -0.4 is 5.32 Å². The van der Waals surface area contributed by atoms with E-state index >= 15 is 0 Å². The fraction of sp³-hybridized carbons (Fsp3) is 0.851. The van der Waals surface area contributed by atoms with Gasteiger partial charge in [0.1, 0.15) is 0 Å². The Labute approximate surface area is 455 Å². The number of ether oxygens (including phenoxy) is 1. The number of carbonyl (C=O) groups excluding carboxylic acids is 2. The van der Waals surface area contributed by atoms with Crippen molar-refractivity contribution in [2.75, 3.05) is 13.2 Å². The predicted octanol–water partition coefficient (Wildman–Crippen LogP) is 20.5. The van der Waals surface area contributed by atoms with Gasteiger partial charge in [-0.3, -0.25) is 9.59 Å². The molecule has 73 heavy (non-hydrogen) atoms. The number of esters is 1. The van der Waals surface area contributed by atoms with Crippen molar-refractivity contribution < 1.29 is 24.5 Å². The molecule has 2 atom stereocenters. The van der Waals surface area contributed by atoms with Crippen LogP contribution in [0.4, 0.5) is 0 Å². The van der Waals surface area contributed by atoms with E-state index < -0.39 is 12.1 Å². The zero-order valence-corrected chi connectivity index (χ0v) is 48.9. The minimum Gasteiger partial charge on any atom is -0.466 e. The number of hydrogen-bond donors (Lipinski definition) is 3. The molecule has 428 valence electrons. The van der Waals surface area contributed by atoms with Gasteiger partial charge in [0.25, 0.3) is 0 Å². The number of unbranched alkanes of at least 4 members (excludes halogenated alkanes) is 43. The van der Waals surface area contributed by atoms with Gasteiger partial charge in [0, 0.05) is 12.8 Å². The molecule has 0 aromatic rings. The molecule has 0 aromatic heterocycles. The van der Waals surface area contributed by atoms with Crippen LogP contribution in [0.1, 0.15) is 341 Å². The van der Waals surface area contributed by atoms with Crippen molar-refractivity contribution in [3.63, 3.8) is 0 Å². The van der Waals surface area contributed by atoms with Crippen molar-refractivity contribution in [2.24, 2.45) is 0 Å². The third kappa shape index (κ3) is 58.9. The molecule has 0 bridgehead atoms. The largest absolute Gasteiger partial charge is 0.466 e. The number of aliphatic hydroxyl groups excluding tert-OH is 2. The van der Waals surface area contributed by atoms with E-state index in [1.54, 1.807) is 6.08 Å². The summed E-state index contributed by atoms with van der Waals surface area (Å²) in [5.41, 5.74) is 0. The van der Waals surface area contributed by atoms with Crippen molar-refractivity contribution in [1.82, 2.24) is 5.32 Å². The first-order valence-electron chi connectivity index (χ1n) is 32.4. The van der Waals surface area contributed by atoms with E-state index in [0.717, 1.165) is 57.8 Å². The van der Waals surface area contributed by atoms with E-state index in [0.29, 0.717) is 19.4 Å². The Balaban J connectivity index is 3.45. The average molecular weight is 1020 g/mol. The van der Waals surface area contributed by atoms with Crippen LogP contribution in [0.3, 0.4) is 0 Å². The lowest BCUT2D eigenvalue weighted by molar-refractivity contribution is -0.143. The van der Waals surface area contributed by atoms with Crippen LogP contribution in [-0.2, 0) is 14.3 Å². The predicted molar refractivity (Wildman–Crippen MR) is 319 cm³/mol.